The Morgan fingerprint density at radius 1 is 1.40 bits per heavy atom. The molecule has 0 fully saturated rings. The van der Waals surface area contributed by atoms with Crippen LogP contribution in [0.2, 0.25) is 0 Å². The number of hydrogen-bond donors (Lipinski definition) is 2. The maximum Gasteiger partial charge on any atom is 0.258 e. The van der Waals surface area contributed by atoms with Gasteiger partial charge >= 0.3 is 0 Å². The summed E-state index contributed by atoms with van der Waals surface area (Å²) in [6.07, 6.45) is 0.757. The summed E-state index contributed by atoms with van der Waals surface area (Å²) < 4.78 is 5.18. The number of amides is 2. The number of rotatable bonds is 6. The number of hydrogen-bond acceptors (Lipinski definition) is 4. The maximum atomic E-state index is 12.5. The van der Waals surface area contributed by atoms with Crippen molar-refractivity contribution in [1.29, 1.82) is 0 Å². The Kier molecular flexibility index (Phi) is 5.83. The fourth-order valence-corrected chi connectivity index (χ4v) is 1.90. The Hall–Kier alpha value is -2.24. The lowest BCUT2D eigenvalue weighted by Crippen LogP contribution is -2.40. The summed E-state index contributed by atoms with van der Waals surface area (Å²) >= 11 is 0. The largest absolute Gasteiger partial charge is 0.494 e. The van der Waals surface area contributed by atoms with Gasteiger partial charge in [0.05, 0.1) is 24.9 Å². The Morgan fingerprint density at radius 2 is 2.10 bits per heavy atom. The molecule has 1 aromatic rings. The Labute approximate surface area is 118 Å². The first-order valence-corrected chi connectivity index (χ1v) is 6.47. The molecule has 6 heteroatoms. The van der Waals surface area contributed by atoms with Gasteiger partial charge in [-0.2, -0.15) is 0 Å². The number of ether oxygens (including phenoxy) is 1. The summed E-state index contributed by atoms with van der Waals surface area (Å²) in [6.45, 7) is 2.45. The van der Waals surface area contributed by atoms with Crippen LogP contribution < -0.4 is 15.8 Å². The molecule has 3 N–H and O–H groups in total. The van der Waals surface area contributed by atoms with Crippen molar-refractivity contribution >= 4 is 17.5 Å². The molecule has 0 saturated carbocycles. The average Bonchev–Trinajstić information content (AvgIpc) is 2.45. The molecule has 0 unspecified atom stereocenters. The summed E-state index contributed by atoms with van der Waals surface area (Å²) in [6, 6.07) is 5.00. The molecular formula is C14H21N3O3. The lowest BCUT2D eigenvalue weighted by atomic mass is 10.1. The molecule has 1 rings (SSSR count). The van der Waals surface area contributed by atoms with Crippen molar-refractivity contribution in [2.75, 3.05) is 33.0 Å². The zero-order valence-corrected chi connectivity index (χ0v) is 12.1. The fourth-order valence-electron chi connectivity index (χ4n) is 1.90. The number of para-hydroxylation sites is 1. The highest BCUT2D eigenvalue weighted by Gasteiger charge is 2.21. The molecule has 0 aliphatic carbocycles. The summed E-state index contributed by atoms with van der Waals surface area (Å²) in [7, 11) is 3.00. The van der Waals surface area contributed by atoms with Gasteiger partial charge in [0.25, 0.3) is 5.91 Å². The van der Waals surface area contributed by atoms with Crippen molar-refractivity contribution < 1.29 is 14.3 Å². The van der Waals surface area contributed by atoms with Gasteiger partial charge < -0.3 is 20.7 Å². The van der Waals surface area contributed by atoms with Crippen LogP contribution >= 0.6 is 0 Å². The molecule has 0 aliphatic heterocycles. The molecule has 0 bridgehead atoms. The number of nitrogens with zero attached hydrogens (tertiary/aromatic N) is 1. The van der Waals surface area contributed by atoms with Crippen LogP contribution in [-0.4, -0.2) is 44.0 Å². The van der Waals surface area contributed by atoms with Gasteiger partial charge in [-0.1, -0.05) is 13.0 Å². The van der Waals surface area contributed by atoms with Crippen molar-refractivity contribution in [3.63, 3.8) is 0 Å². The highest BCUT2D eigenvalue weighted by Crippen LogP contribution is 2.27. The van der Waals surface area contributed by atoms with E-state index in [2.05, 4.69) is 5.32 Å². The topological polar surface area (TPSA) is 84.7 Å². The first kappa shape index (κ1) is 15.8. The highest BCUT2D eigenvalue weighted by atomic mass is 16.5. The number of nitrogens with one attached hydrogen (secondary N) is 1. The smallest absolute Gasteiger partial charge is 0.258 e. The Bertz CT molecular complexity index is 489. The molecule has 0 spiro atoms. The first-order chi connectivity index (χ1) is 9.54. The van der Waals surface area contributed by atoms with Gasteiger partial charge in [-0.15, -0.1) is 0 Å². The first-order valence-electron chi connectivity index (χ1n) is 6.47. The zero-order valence-electron chi connectivity index (χ0n) is 12.1. The lowest BCUT2D eigenvalue weighted by molar-refractivity contribution is -0.121. The molecule has 0 saturated heterocycles. The number of nitrogen functional groups attached to an aromatic ring is 1. The van der Waals surface area contributed by atoms with Gasteiger partial charge in [0, 0.05) is 13.6 Å². The highest BCUT2D eigenvalue weighted by molar-refractivity contribution is 6.00. The van der Waals surface area contributed by atoms with Crippen molar-refractivity contribution in [2.24, 2.45) is 0 Å². The molecule has 0 radical (unpaired) electrons. The second-order valence-electron chi connectivity index (χ2n) is 4.33. The number of methoxy groups -OCH3 is 1. The quantitative estimate of drug-likeness (QED) is 0.757. The normalized spacial score (nSPS) is 9.95. The van der Waals surface area contributed by atoms with E-state index in [-0.39, 0.29) is 18.4 Å². The van der Waals surface area contributed by atoms with E-state index in [9.17, 15) is 9.59 Å². The molecule has 0 aromatic heterocycles. The summed E-state index contributed by atoms with van der Waals surface area (Å²) in [5.41, 5.74) is 6.56. The van der Waals surface area contributed by atoms with Crippen molar-refractivity contribution in [3.05, 3.63) is 23.8 Å². The molecule has 0 atom stereocenters. The van der Waals surface area contributed by atoms with E-state index >= 15 is 0 Å². The van der Waals surface area contributed by atoms with E-state index in [1.807, 2.05) is 6.92 Å². The molecule has 0 aliphatic rings. The van der Waals surface area contributed by atoms with Crippen LogP contribution in [0, 0.1) is 0 Å². The third-order valence-corrected chi connectivity index (χ3v) is 2.87. The van der Waals surface area contributed by atoms with E-state index in [4.69, 9.17) is 10.5 Å². The summed E-state index contributed by atoms with van der Waals surface area (Å²) in [4.78, 5) is 25.5. The molecule has 0 heterocycles. The van der Waals surface area contributed by atoms with E-state index < -0.39 is 0 Å². The van der Waals surface area contributed by atoms with Gasteiger partial charge in [0.2, 0.25) is 5.91 Å². The molecule has 110 valence electrons. The SMILES string of the molecule is CCCN(CC(=O)NC)C(=O)c1cccc(N)c1OC. The van der Waals surface area contributed by atoms with Gasteiger partial charge in [-0.25, -0.2) is 0 Å². The van der Waals surface area contributed by atoms with Crippen LogP contribution in [0.4, 0.5) is 5.69 Å². The number of likely N-dealkylation sites (N-methyl/N-ethyl adjacent to an activating group) is 1. The van der Waals surface area contributed by atoms with E-state index in [0.717, 1.165) is 6.42 Å². The van der Waals surface area contributed by atoms with Gasteiger partial charge in [0.15, 0.2) is 5.75 Å². The van der Waals surface area contributed by atoms with Gasteiger partial charge in [-0.3, -0.25) is 9.59 Å². The maximum absolute atomic E-state index is 12.5. The number of benzene rings is 1. The Balaban J connectivity index is 3.06. The van der Waals surface area contributed by atoms with Crippen molar-refractivity contribution in [3.8, 4) is 5.75 Å². The lowest BCUT2D eigenvalue weighted by Gasteiger charge is -2.22. The van der Waals surface area contributed by atoms with Crippen LogP contribution in [0.5, 0.6) is 5.75 Å². The minimum absolute atomic E-state index is 0.0150. The molecule has 2 amide bonds. The zero-order chi connectivity index (χ0) is 15.1. The second kappa shape index (κ2) is 7.37. The molecule has 1 aromatic carbocycles. The van der Waals surface area contributed by atoms with Crippen LogP contribution in [0.1, 0.15) is 23.7 Å². The standard InChI is InChI=1S/C14H21N3O3/c1-4-8-17(9-12(18)16-2)14(19)10-6-5-7-11(15)13(10)20-3/h5-7H,4,8-9,15H2,1-3H3,(H,16,18). The number of nitrogens with two attached hydrogens (primary N) is 1. The summed E-state index contributed by atoms with van der Waals surface area (Å²) in [5.74, 6) is -0.134. The van der Waals surface area contributed by atoms with E-state index in [1.54, 1.807) is 18.2 Å². The Morgan fingerprint density at radius 3 is 2.65 bits per heavy atom. The average molecular weight is 279 g/mol. The van der Waals surface area contributed by atoms with E-state index in [0.29, 0.717) is 23.5 Å². The molecular weight excluding hydrogens is 258 g/mol. The van der Waals surface area contributed by atoms with Gasteiger partial charge in [0.1, 0.15) is 0 Å². The van der Waals surface area contributed by atoms with Crippen LogP contribution in [0.25, 0.3) is 0 Å². The predicted octanol–water partition coefficient (Wildman–Crippen LogP) is 0.876. The van der Waals surface area contributed by atoms with E-state index in [1.165, 1.54) is 19.1 Å². The van der Waals surface area contributed by atoms with Crippen LogP contribution in [0.15, 0.2) is 18.2 Å². The third-order valence-electron chi connectivity index (χ3n) is 2.87. The van der Waals surface area contributed by atoms with Gasteiger partial charge in [-0.05, 0) is 18.6 Å². The third kappa shape index (κ3) is 3.63. The molecule has 6 nitrogen and oxygen atoms in total. The summed E-state index contributed by atoms with van der Waals surface area (Å²) in [5, 5.41) is 2.51. The van der Waals surface area contributed by atoms with Crippen LogP contribution in [-0.2, 0) is 4.79 Å². The van der Waals surface area contributed by atoms with Crippen LogP contribution in [0.3, 0.4) is 0 Å². The fraction of sp³-hybridized carbons (Fsp3) is 0.429. The predicted molar refractivity (Wildman–Crippen MR) is 77.7 cm³/mol. The van der Waals surface area contributed by atoms with Crippen molar-refractivity contribution in [1.82, 2.24) is 10.2 Å². The number of anilines is 1. The number of carbonyl (C=O) groups excluding carboxylic acids is 2. The monoisotopic (exact) mass is 279 g/mol. The minimum Gasteiger partial charge on any atom is -0.494 e. The number of carbonyl (C=O) groups is 2. The second-order valence-corrected chi connectivity index (χ2v) is 4.33. The molecule has 20 heavy (non-hydrogen) atoms. The minimum atomic E-state index is -0.264. The van der Waals surface area contributed by atoms with Crippen molar-refractivity contribution in [2.45, 2.75) is 13.3 Å².